The van der Waals surface area contributed by atoms with E-state index in [0.717, 1.165) is 19.5 Å². The van der Waals surface area contributed by atoms with E-state index in [1.54, 1.807) is 0 Å². The molecule has 0 aromatic rings. The van der Waals surface area contributed by atoms with Crippen LogP contribution >= 0.6 is 0 Å². The van der Waals surface area contributed by atoms with Crippen LogP contribution in [-0.4, -0.2) is 36.9 Å². The Kier molecular flexibility index (Phi) is 8.91. The highest BCUT2D eigenvalue weighted by Gasteiger charge is 2.02. The van der Waals surface area contributed by atoms with Crippen LogP contribution in [0.4, 0.5) is 0 Å². The fraction of sp³-hybridized carbons (Fsp3) is 0.769. The second-order valence-electron chi connectivity index (χ2n) is 4.16. The van der Waals surface area contributed by atoms with E-state index >= 15 is 0 Å². The first-order chi connectivity index (χ1) is 7.61. The molecule has 3 nitrogen and oxygen atoms in total. The number of allylic oxidation sites excluding steroid dienone is 1. The van der Waals surface area contributed by atoms with E-state index in [4.69, 9.17) is 0 Å². The van der Waals surface area contributed by atoms with Crippen molar-refractivity contribution in [2.24, 2.45) is 0 Å². The predicted octanol–water partition coefficient (Wildman–Crippen LogP) is 2.19. The minimum atomic E-state index is 0.0268. The highest BCUT2D eigenvalue weighted by atomic mass is 16.1. The van der Waals surface area contributed by atoms with E-state index < -0.39 is 0 Å². The third-order valence-electron chi connectivity index (χ3n) is 2.49. The van der Waals surface area contributed by atoms with E-state index in [0.29, 0.717) is 5.70 Å². The lowest BCUT2D eigenvalue weighted by atomic mass is 10.3. The molecule has 0 fully saturated rings. The van der Waals surface area contributed by atoms with Gasteiger partial charge in [-0.2, -0.15) is 0 Å². The van der Waals surface area contributed by atoms with Gasteiger partial charge in [-0.25, -0.2) is 0 Å². The third kappa shape index (κ3) is 7.46. The molecule has 0 amide bonds. The van der Waals surface area contributed by atoms with Gasteiger partial charge in [-0.3, -0.25) is 4.79 Å². The number of ketones is 1. The molecule has 0 spiro atoms. The van der Waals surface area contributed by atoms with Gasteiger partial charge in [-0.05, 0) is 38.9 Å². The van der Waals surface area contributed by atoms with E-state index in [-0.39, 0.29) is 5.78 Å². The van der Waals surface area contributed by atoms with E-state index in [2.05, 4.69) is 30.6 Å². The van der Waals surface area contributed by atoms with Crippen LogP contribution in [-0.2, 0) is 4.79 Å². The smallest absolute Gasteiger partial charge is 0.174 e. The second kappa shape index (κ2) is 9.40. The van der Waals surface area contributed by atoms with Gasteiger partial charge in [0.15, 0.2) is 5.78 Å². The average Bonchev–Trinajstić information content (AvgIpc) is 2.24. The Morgan fingerprint density at radius 3 is 2.19 bits per heavy atom. The Hall–Kier alpha value is -0.830. The number of nitrogens with zero attached hydrogens (tertiary/aromatic N) is 1. The highest BCUT2D eigenvalue weighted by molar-refractivity contribution is 5.91. The van der Waals surface area contributed by atoms with Gasteiger partial charge in [-0.15, -0.1) is 0 Å². The van der Waals surface area contributed by atoms with Crippen LogP contribution < -0.4 is 5.32 Å². The standard InChI is InChI=1S/C13H26N2O/c1-5-9-15(10-6-2)11-7-8-14-12(3)13(4)16/h14H,3,5-11H2,1-2,4H3. The second-order valence-corrected chi connectivity index (χ2v) is 4.16. The number of Topliss-reactive ketones (excluding diaryl/α,β-unsaturated/α-hetero) is 1. The van der Waals surface area contributed by atoms with Gasteiger partial charge in [0.1, 0.15) is 0 Å². The molecule has 0 aliphatic heterocycles. The summed E-state index contributed by atoms with van der Waals surface area (Å²) in [5.41, 5.74) is 0.525. The van der Waals surface area contributed by atoms with Crippen molar-refractivity contribution in [1.82, 2.24) is 10.2 Å². The first kappa shape index (κ1) is 15.2. The monoisotopic (exact) mass is 226 g/mol. The molecule has 0 rings (SSSR count). The number of nitrogens with one attached hydrogen (secondary N) is 1. The van der Waals surface area contributed by atoms with Gasteiger partial charge >= 0.3 is 0 Å². The fourth-order valence-electron chi connectivity index (χ4n) is 1.63. The van der Waals surface area contributed by atoms with Gasteiger partial charge in [-0.1, -0.05) is 20.4 Å². The van der Waals surface area contributed by atoms with E-state index in [9.17, 15) is 4.79 Å². The maximum Gasteiger partial charge on any atom is 0.174 e. The van der Waals surface area contributed by atoms with Crippen molar-refractivity contribution in [2.75, 3.05) is 26.2 Å². The van der Waals surface area contributed by atoms with Crippen LogP contribution in [0.5, 0.6) is 0 Å². The molecule has 0 saturated heterocycles. The van der Waals surface area contributed by atoms with Gasteiger partial charge < -0.3 is 10.2 Å². The molecule has 3 heteroatoms. The van der Waals surface area contributed by atoms with Gasteiger partial charge in [0.2, 0.25) is 0 Å². The molecule has 0 aliphatic carbocycles. The predicted molar refractivity (Wildman–Crippen MR) is 69.5 cm³/mol. The Morgan fingerprint density at radius 2 is 1.75 bits per heavy atom. The third-order valence-corrected chi connectivity index (χ3v) is 2.49. The molecule has 94 valence electrons. The van der Waals surface area contributed by atoms with Crippen LogP contribution in [0.25, 0.3) is 0 Å². The SMILES string of the molecule is C=C(NCCCN(CCC)CCC)C(C)=O. The Bertz CT molecular complexity index is 208. The molecule has 0 bridgehead atoms. The first-order valence-corrected chi connectivity index (χ1v) is 6.27. The van der Waals surface area contributed by atoms with Crippen LogP contribution in [0, 0.1) is 0 Å². The summed E-state index contributed by atoms with van der Waals surface area (Å²) in [5, 5.41) is 3.05. The van der Waals surface area contributed by atoms with Crippen molar-refractivity contribution in [3.8, 4) is 0 Å². The molecule has 0 radical (unpaired) electrons. The zero-order chi connectivity index (χ0) is 12.4. The molecule has 0 unspecified atom stereocenters. The fourth-order valence-corrected chi connectivity index (χ4v) is 1.63. The molecule has 0 atom stereocenters. The lowest BCUT2D eigenvalue weighted by Gasteiger charge is -2.20. The molecule has 0 aromatic heterocycles. The van der Waals surface area contributed by atoms with Gasteiger partial charge in [0, 0.05) is 13.5 Å². The maximum absolute atomic E-state index is 10.9. The van der Waals surface area contributed by atoms with Crippen molar-refractivity contribution in [3.05, 3.63) is 12.3 Å². The lowest BCUT2D eigenvalue weighted by molar-refractivity contribution is -0.113. The summed E-state index contributed by atoms with van der Waals surface area (Å²) < 4.78 is 0. The minimum Gasteiger partial charge on any atom is -0.383 e. The summed E-state index contributed by atoms with van der Waals surface area (Å²) in [6.07, 6.45) is 3.47. The summed E-state index contributed by atoms with van der Waals surface area (Å²) in [6, 6.07) is 0. The Labute approximate surface area is 99.9 Å². The molecule has 0 aliphatic rings. The van der Waals surface area contributed by atoms with Crippen molar-refractivity contribution < 1.29 is 4.79 Å². The molecule has 0 aromatic carbocycles. The molecular formula is C13H26N2O. The van der Waals surface area contributed by atoms with Crippen LogP contribution in [0.2, 0.25) is 0 Å². The normalized spacial score (nSPS) is 10.5. The number of hydrogen-bond acceptors (Lipinski definition) is 3. The summed E-state index contributed by atoms with van der Waals surface area (Å²) in [4.78, 5) is 13.4. The van der Waals surface area contributed by atoms with Crippen molar-refractivity contribution in [2.45, 2.75) is 40.0 Å². The van der Waals surface area contributed by atoms with Crippen molar-refractivity contribution >= 4 is 5.78 Å². The first-order valence-electron chi connectivity index (χ1n) is 6.27. The largest absolute Gasteiger partial charge is 0.383 e. The summed E-state index contributed by atoms with van der Waals surface area (Å²) >= 11 is 0. The number of carbonyl (C=O) groups is 1. The highest BCUT2D eigenvalue weighted by Crippen LogP contribution is 1.96. The quantitative estimate of drug-likeness (QED) is 0.458. The maximum atomic E-state index is 10.9. The molecule has 0 heterocycles. The molecule has 0 saturated carbocycles. The van der Waals surface area contributed by atoms with Gasteiger partial charge in [0.25, 0.3) is 0 Å². The Morgan fingerprint density at radius 1 is 1.19 bits per heavy atom. The summed E-state index contributed by atoms with van der Waals surface area (Å²) in [6.45, 7) is 13.9. The zero-order valence-electron chi connectivity index (χ0n) is 11.0. The summed E-state index contributed by atoms with van der Waals surface area (Å²) in [5.74, 6) is 0.0268. The van der Waals surface area contributed by atoms with Crippen LogP contribution in [0.1, 0.15) is 40.0 Å². The van der Waals surface area contributed by atoms with E-state index in [1.165, 1.54) is 32.9 Å². The van der Waals surface area contributed by atoms with E-state index in [1.807, 2.05) is 0 Å². The lowest BCUT2D eigenvalue weighted by Crippen LogP contribution is -2.29. The molecular weight excluding hydrogens is 200 g/mol. The van der Waals surface area contributed by atoms with Crippen molar-refractivity contribution in [3.63, 3.8) is 0 Å². The Balaban J connectivity index is 3.61. The van der Waals surface area contributed by atoms with Crippen LogP contribution in [0.3, 0.4) is 0 Å². The van der Waals surface area contributed by atoms with Crippen molar-refractivity contribution in [1.29, 1.82) is 0 Å². The topological polar surface area (TPSA) is 32.3 Å². The zero-order valence-corrected chi connectivity index (χ0v) is 11.0. The molecule has 16 heavy (non-hydrogen) atoms. The number of rotatable bonds is 10. The number of carbonyl (C=O) groups excluding carboxylic acids is 1. The minimum absolute atomic E-state index is 0.0268. The van der Waals surface area contributed by atoms with Gasteiger partial charge in [0.05, 0.1) is 5.70 Å². The summed E-state index contributed by atoms with van der Waals surface area (Å²) in [7, 11) is 0. The average molecular weight is 226 g/mol. The van der Waals surface area contributed by atoms with Crippen LogP contribution in [0.15, 0.2) is 12.3 Å². The molecule has 1 N–H and O–H groups in total. The number of hydrogen-bond donors (Lipinski definition) is 1.